The van der Waals surface area contributed by atoms with Gasteiger partial charge in [0.2, 0.25) is 17.7 Å². The molecule has 2 bridgehead atoms. The molecule has 7 atom stereocenters. The number of aliphatic hydroxyl groups excluding tert-OH is 1. The summed E-state index contributed by atoms with van der Waals surface area (Å²) in [7, 11) is 0. The van der Waals surface area contributed by atoms with E-state index in [1.54, 1.807) is 17.1 Å². The lowest BCUT2D eigenvalue weighted by Gasteiger charge is -2.39. The maximum atomic E-state index is 14.8. The van der Waals surface area contributed by atoms with E-state index in [0.717, 1.165) is 24.8 Å². The topological polar surface area (TPSA) is 125 Å². The van der Waals surface area contributed by atoms with Crippen LogP contribution in [0.2, 0.25) is 0 Å². The molecule has 2 N–H and O–H groups in total. The fourth-order valence-corrected chi connectivity index (χ4v) is 7.85. The summed E-state index contributed by atoms with van der Waals surface area (Å²) in [5, 5.41) is 13.8. The highest BCUT2D eigenvalue weighted by atomic mass is 16.5. The Kier molecular flexibility index (Phi) is 12.1. The summed E-state index contributed by atoms with van der Waals surface area (Å²) >= 11 is 0. The lowest BCUT2D eigenvalue weighted by Crippen LogP contribution is -2.57. The lowest BCUT2D eigenvalue weighted by atomic mass is 9.70. The van der Waals surface area contributed by atoms with Crippen molar-refractivity contribution in [1.29, 1.82) is 0 Å². The largest absolute Gasteiger partial charge is 0.463 e. The Hall–Kier alpha value is -4.28. The predicted octanol–water partition coefficient (Wildman–Crippen LogP) is 4.67. The molecular formula is C39H49N3O7. The van der Waals surface area contributed by atoms with Gasteiger partial charge in [0.05, 0.1) is 36.6 Å². The van der Waals surface area contributed by atoms with E-state index in [9.17, 15) is 24.3 Å². The SMILES string of the molecule is C=CCCC(=O)OC[C@@H](NC(=O)[C@@H]1[C@H]2C(=O)N([C@H](CO)c3ccccc3)[C@H](C(=O)N(CC=C)CCCCC)[C@]23CC[C@H]1O3)c1ccccc1. The average molecular weight is 672 g/mol. The molecule has 3 heterocycles. The van der Waals surface area contributed by atoms with E-state index in [4.69, 9.17) is 9.47 Å². The number of carbonyl (C=O) groups excluding carboxylic acids is 4. The van der Waals surface area contributed by atoms with E-state index >= 15 is 0 Å². The number of benzene rings is 2. The normalized spacial score (nSPS) is 24.9. The zero-order valence-corrected chi connectivity index (χ0v) is 28.4. The molecule has 49 heavy (non-hydrogen) atoms. The summed E-state index contributed by atoms with van der Waals surface area (Å²) in [5.74, 6) is -3.28. The molecule has 3 amide bonds. The Morgan fingerprint density at radius 3 is 2.41 bits per heavy atom. The first kappa shape index (κ1) is 36.0. The molecule has 3 aliphatic heterocycles. The van der Waals surface area contributed by atoms with Crippen LogP contribution in [0.5, 0.6) is 0 Å². The fraction of sp³-hybridized carbons (Fsp3) is 0.487. The highest BCUT2D eigenvalue weighted by molar-refractivity contribution is 5.99. The van der Waals surface area contributed by atoms with Crippen LogP contribution in [0.1, 0.15) is 75.1 Å². The van der Waals surface area contributed by atoms with Crippen molar-refractivity contribution in [1.82, 2.24) is 15.1 Å². The maximum absolute atomic E-state index is 14.8. The smallest absolute Gasteiger partial charge is 0.306 e. The molecule has 1 spiro atoms. The molecule has 0 aromatic heterocycles. The molecule has 10 heteroatoms. The molecule has 0 saturated carbocycles. The molecule has 0 aliphatic carbocycles. The average Bonchev–Trinajstić information content (AvgIpc) is 3.77. The third-order valence-electron chi connectivity index (χ3n) is 10.1. The van der Waals surface area contributed by atoms with E-state index in [1.165, 1.54) is 4.90 Å². The minimum Gasteiger partial charge on any atom is -0.463 e. The van der Waals surface area contributed by atoms with Crippen LogP contribution < -0.4 is 5.32 Å². The number of aliphatic hydroxyl groups is 1. The third-order valence-corrected chi connectivity index (χ3v) is 10.1. The lowest BCUT2D eigenvalue weighted by molar-refractivity contribution is -0.151. The first-order chi connectivity index (χ1) is 23.8. The number of ether oxygens (including phenoxy) is 2. The summed E-state index contributed by atoms with van der Waals surface area (Å²) in [6, 6.07) is 15.9. The molecule has 2 aromatic rings. The number of nitrogens with one attached hydrogen (secondary N) is 1. The molecular weight excluding hydrogens is 622 g/mol. The Morgan fingerprint density at radius 2 is 1.78 bits per heavy atom. The van der Waals surface area contributed by atoms with Crippen LogP contribution in [0.25, 0.3) is 0 Å². The molecule has 3 fully saturated rings. The molecule has 10 nitrogen and oxygen atoms in total. The van der Waals surface area contributed by atoms with E-state index in [2.05, 4.69) is 25.4 Å². The standard InChI is InChI=1S/C39H49N3O7/c1-4-7-15-24-41(23-6-3)38(47)35-39-22-21-31(49-39)33(34(39)37(46)42(35)30(25-43)28-18-13-10-14-19-28)36(45)40-29(27-16-11-9-12-17-27)26-48-32(44)20-8-5-2/h5-6,9-14,16-19,29-31,33-35,43H,2-4,7-8,15,20-26H2,1H3,(H,40,45)/t29-,30-,31-,33+,34+,35-,39+/m1/s1. The highest BCUT2D eigenvalue weighted by Gasteiger charge is 2.75. The van der Waals surface area contributed by atoms with Crippen molar-refractivity contribution in [3.63, 3.8) is 0 Å². The number of hydrogen-bond acceptors (Lipinski definition) is 7. The first-order valence-electron chi connectivity index (χ1n) is 17.5. The van der Waals surface area contributed by atoms with Gasteiger partial charge in [0.15, 0.2) is 0 Å². The quantitative estimate of drug-likeness (QED) is 0.134. The molecule has 0 unspecified atom stereocenters. The van der Waals surface area contributed by atoms with Gasteiger partial charge < -0.3 is 29.7 Å². The van der Waals surface area contributed by atoms with Gasteiger partial charge in [-0.1, -0.05) is 92.6 Å². The van der Waals surface area contributed by atoms with Crippen LogP contribution in [0.15, 0.2) is 86.0 Å². The number of nitrogens with zero attached hydrogens (tertiary/aromatic N) is 2. The number of fused-ring (bicyclic) bond motifs is 1. The highest BCUT2D eigenvalue weighted by Crippen LogP contribution is 2.60. The molecule has 3 saturated heterocycles. The number of unbranched alkanes of at least 4 members (excludes halogenated alkanes) is 2. The van der Waals surface area contributed by atoms with Crippen molar-refractivity contribution >= 4 is 23.7 Å². The second kappa shape index (κ2) is 16.4. The van der Waals surface area contributed by atoms with Gasteiger partial charge in [0, 0.05) is 19.5 Å². The van der Waals surface area contributed by atoms with E-state index < -0.39 is 60.1 Å². The zero-order valence-electron chi connectivity index (χ0n) is 28.4. The molecule has 2 aromatic carbocycles. The van der Waals surface area contributed by atoms with Crippen molar-refractivity contribution in [2.24, 2.45) is 11.8 Å². The van der Waals surface area contributed by atoms with Crippen LogP contribution in [0.3, 0.4) is 0 Å². The van der Waals surface area contributed by atoms with Crippen molar-refractivity contribution in [3.05, 3.63) is 97.1 Å². The van der Waals surface area contributed by atoms with Gasteiger partial charge in [-0.05, 0) is 36.8 Å². The summed E-state index contributed by atoms with van der Waals surface area (Å²) in [5.41, 5.74) is 0.189. The van der Waals surface area contributed by atoms with Crippen molar-refractivity contribution in [3.8, 4) is 0 Å². The van der Waals surface area contributed by atoms with Gasteiger partial charge in [-0.3, -0.25) is 19.2 Å². The molecule has 0 radical (unpaired) electrons. The Bertz CT molecular complexity index is 1480. The second-order valence-corrected chi connectivity index (χ2v) is 13.2. The molecule has 5 rings (SSSR count). The fourth-order valence-electron chi connectivity index (χ4n) is 7.85. The van der Waals surface area contributed by atoms with Crippen molar-refractivity contribution < 1.29 is 33.8 Å². The minimum atomic E-state index is -1.24. The number of rotatable bonds is 18. The predicted molar refractivity (Wildman–Crippen MR) is 185 cm³/mol. The number of amides is 3. The summed E-state index contributed by atoms with van der Waals surface area (Å²) in [6.07, 6.45) is 7.05. The number of carbonyl (C=O) groups is 4. The Balaban J connectivity index is 1.49. The van der Waals surface area contributed by atoms with Gasteiger partial charge in [-0.2, -0.15) is 0 Å². The number of hydrogen-bond donors (Lipinski definition) is 2. The summed E-state index contributed by atoms with van der Waals surface area (Å²) in [6.45, 7) is 9.92. The minimum absolute atomic E-state index is 0.0875. The van der Waals surface area contributed by atoms with Crippen LogP contribution >= 0.6 is 0 Å². The number of esters is 1. The second-order valence-electron chi connectivity index (χ2n) is 13.2. The van der Waals surface area contributed by atoms with Crippen molar-refractivity contribution in [2.75, 3.05) is 26.3 Å². The number of likely N-dealkylation sites (tertiary alicyclic amines) is 1. The molecule has 3 aliphatic rings. The van der Waals surface area contributed by atoms with E-state index in [0.29, 0.717) is 37.9 Å². The number of allylic oxidation sites excluding steroid dienone is 1. The van der Waals surface area contributed by atoms with Crippen molar-refractivity contribution in [2.45, 2.75) is 81.7 Å². The van der Waals surface area contributed by atoms with Gasteiger partial charge in [-0.15, -0.1) is 13.2 Å². The van der Waals surface area contributed by atoms with Gasteiger partial charge in [-0.25, -0.2) is 0 Å². The van der Waals surface area contributed by atoms with Crippen LogP contribution in [-0.4, -0.2) is 82.6 Å². The van der Waals surface area contributed by atoms with Gasteiger partial charge in [0.1, 0.15) is 18.2 Å². The molecule has 262 valence electrons. The third kappa shape index (κ3) is 7.35. The first-order valence-corrected chi connectivity index (χ1v) is 17.5. The Labute approximate surface area is 289 Å². The van der Waals surface area contributed by atoms with Gasteiger partial charge >= 0.3 is 5.97 Å². The van der Waals surface area contributed by atoms with E-state index in [-0.39, 0.29) is 24.8 Å². The van der Waals surface area contributed by atoms with Crippen LogP contribution in [-0.2, 0) is 28.7 Å². The summed E-state index contributed by atoms with van der Waals surface area (Å²) in [4.78, 5) is 59.4. The van der Waals surface area contributed by atoms with Gasteiger partial charge in [0.25, 0.3) is 0 Å². The van der Waals surface area contributed by atoms with Crippen LogP contribution in [0, 0.1) is 11.8 Å². The van der Waals surface area contributed by atoms with Crippen LogP contribution in [0.4, 0.5) is 0 Å². The summed E-state index contributed by atoms with van der Waals surface area (Å²) < 4.78 is 12.2. The Morgan fingerprint density at radius 1 is 1.08 bits per heavy atom. The monoisotopic (exact) mass is 671 g/mol. The zero-order chi connectivity index (χ0) is 35.0. The maximum Gasteiger partial charge on any atom is 0.306 e. The van der Waals surface area contributed by atoms with E-state index in [1.807, 2.05) is 60.7 Å².